The lowest BCUT2D eigenvalue weighted by Gasteiger charge is -2.43. The summed E-state index contributed by atoms with van der Waals surface area (Å²) in [4.78, 5) is 27.7. The summed E-state index contributed by atoms with van der Waals surface area (Å²) in [5.41, 5.74) is -1.91. The third kappa shape index (κ3) is 10.9. The summed E-state index contributed by atoms with van der Waals surface area (Å²) in [6, 6.07) is 1.50. The fourth-order valence-electron chi connectivity index (χ4n) is 3.12. The summed E-state index contributed by atoms with van der Waals surface area (Å²) in [6.07, 6.45) is -2.88. The molecule has 38 heavy (non-hydrogen) atoms. The van der Waals surface area contributed by atoms with Crippen LogP contribution in [0.15, 0.2) is 18.2 Å². The number of aliphatic hydroxyl groups excluding tert-OH is 1. The molecule has 1 aromatic rings. The fraction of sp³-hybridized carbons (Fsp3) is 0.704. The zero-order valence-corrected chi connectivity index (χ0v) is 25.6. The number of amides is 2. The minimum absolute atomic E-state index is 0.0418. The van der Waals surface area contributed by atoms with Crippen molar-refractivity contribution in [2.45, 2.75) is 110 Å². The van der Waals surface area contributed by atoms with E-state index < -0.39 is 62.1 Å². The molecule has 8 nitrogen and oxygen atoms in total. The number of aliphatic hydroxyl groups is 1. The number of nitrogens with zero attached hydrogens (tertiary/aromatic N) is 1. The van der Waals surface area contributed by atoms with Gasteiger partial charge in [-0.25, -0.2) is 23.3 Å². The number of rotatable bonds is 9. The average molecular weight is 562 g/mol. The van der Waals surface area contributed by atoms with Gasteiger partial charge in [0.25, 0.3) is 0 Å². The SMILES string of the molecule is CC(C)(C)OC(=O)N(C(=O)OC(C)(C)C)C(COc1cc(F)cc(F)c1)C(CCO)O[Si](C)(C)C(C)(C)C. The van der Waals surface area contributed by atoms with E-state index in [0.29, 0.717) is 6.07 Å². The molecule has 2 amide bonds. The maximum absolute atomic E-state index is 13.8. The summed E-state index contributed by atoms with van der Waals surface area (Å²) < 4.78 is 51.0. The van der Waals surface area contributed by atoms with Crippen molar-refractivity contribution in [3.05, 3.63) is 29.8 Å². The highest BCUT2D eigenvalue weighted by molar-refractivity contribution is 6.74. The van der Waals surface area contributed by atoms with Crippen LogP contribution >= 0.6 is 0 Å². The predicted molar refractivity (Wildman–Crippen MR) is 144 cm³/mol. The van der Waals surface area contributed by atoms with Crippen LogP contribution < -0.4 is 4.74 Å². The standard InChI is InChI=1S/C27H45F2NO7Si/c1-25(2,3)35-23(32)30(24(33)36-26(4,5)6)21(17-34-20-15-18(28)14-19(29)16-20)22(12-13-31)37-38(10,11)27(7,8)9/h14-16,21-22,31H,12-13,17H2,1-11H3. The summed E-state index contributed by atoms with van der Waals surface area (Å²) in [7, 11) is -2.52. The monoisotopic (exact) mass is 561 g/mol. The van der Waals surface area contributed by atoms with Crippen LogP contribution in [0.3, 0.4) is 0 Å². The van der Waals surface area contributed by atoms with E-state index in [-0.39, 0.29) is 23.8 Å². The second-order valence-corrected chi connectivity index (χ2v) is 17.5. The van der Waals surface area contributed by atoms with E-state index in [0.717, 1.165) is 17.0 Å². The molecule has 0 aliphatic heterocycles. The summed E-state index contributed by atoms with van der Waals surface area (Å²) in [6.45, 7) is 19.2. The van der Waals surface area contributed by atoms with Gasteiger partial charge in [-0.1, -0.05) is 20.8 Å². The van der Waals surface area contributed by atoms with Crippen LogP contribution in [0.4, 0.5) is 18.4 Å². The van der Waals surface area contributed by atoms with Crippen molar-refractivity contribution in [3.63, 3.8) is 0 Å². The van der Waals surface area contributed by atoms with E-state index in [2.05, 4.69) is 0 Å². The van der Waals surface area contributed by atoms with Gasteiger partial charge in [-0.15, -0.1) is 0 Å². The maximum atomic E-state index is 13.8. The number of ether oxygens (including phenoxy) is 3. The molecule has 0 aromatic heterocycles. The van der Waals surface area contributed by atoms with Crippen LogP contribution in [0, 0.1) is 11.6 Å². The highest BCUT2D eigenvalue weighted by Crippen LogP contribution is 2.38. The number of carbonyl (C=O) groups is 2. The Morgan fingerprint density at radius 1 is 0.895 bits per heavy atom. The van der Waals surface area contributed by atoms with Gasteiger partial charge in [-0.05, 0) is 66.1 Å². The number of hydrogen-bond donors (Lipinski definition) is 1. The van der Waals surface area contributed by atoms with Crippen LogP contribution in [-0.2, 0) is 13.9 Å². The molecule has 1 rings (SSSR count). The molecule has 0 spiro atoms. The Morgan fingerprint density at radius 2 is 1.34 bits per heavy atom. The normalized spacial score (nSPS) is 14.5. The molecule has 2 atom stereocenters. The molecule has 2 unspecified atom stereocenters. The Balaban J connectivity index is 3.66. The largest absolute Gasteiger partial charge is 0.491 e. The van der Waals surface area contributed by atoms with E-state index in [9.17, 15) is 23.5 Å². The lowest BCUT2D eigenvalue weighted by Crippen LogP contribution is -2.58. The lowest BCUT2D eigenvalue weighted by atomic mass is 10.1. The number of hydrogen-bond acceptors (Lipinski definition) is 7. The van der Waals surface area contributed by atoms with Crippen LogP contribution in [0.1, 0.15) is 68.7 Å². The summed E-state index contributed by atoms with van der Waals surface area (Å²) in [5.74, 6) is -1.84. The second kappa shape index (κ2) is 12.7. The summed E-state index contributed by atoms with van der Waals surface area (Å²) in [5, 5.41) is 9.67. The molecule has 1 N–H and O–H groups in total. The molecule has 218 valence electrons. The molecule has 11 heteroatoms. The van der Waals surface area contributed by atoms with Crippen LogP contribution in [0.5, 0.6) is 5.75 Å². The van der Waals surface area contributed by atoms with E-state index in [1.54, 1.807) is 41.5 Å². The van der Waals surface area contributed by atoms with Gasteiger partial charge in [0.15, 0.2) is 8.32 Å². The van der Waals surface area contributed by atoms with Gasteiger partial charge in [0, 0.05) is 24.8 Å². The Hall–Kier alpha value is -2.24. The van der Waals surface area contributed by atoms with Crippen molar-refractivity contribution in [1.29, 1.82) is 0 Å². The zero-order chi connectivity index (χ0) is 29.7. The smallest absolute Gasteiger partial charge is 0.420 e. The Kier molecular flexibility index (Phi) is 11.3. The van der Waals surface area contributed by atoms with Crippen molar-refractivity contribution in [2.24, 2.45) is 0 Å². The van der Waals surface area contributed by atoms with Crippen molar-refractivity contribution < 1.29 is 42.1 Å². The molecular formula is C27H45F2NO7Si. The number of imide groups is 1. The van der Waals surface area contributed by atoms with Gasteiger partial charge in [0.2, 0.25) is 0 Å². The Labute approximate surface area is 226 Å². The van der Waals surface area contributed by atoms with Gasteiger partial charge in [0.05, 0.1) is 6.10 Å². The molecule has 1 aromatic carbocycles. The van der Waals surface area contributed by atoms with Gasteiger partial charge >= 0.3 is 12.2 Å². The van der Waals surface area contributed by atoms with Crippen molar-refractivity contribution in [2.75, 3.05) is 13.2 Å². The predicted octanol–water partition coefficient (Wildman–Crippen LogP) is 6.66. The molecule has 0 saturated carbocycles. The first kappa shape index (κ1) is 33.8. The van der Waals surface area contributed by atoms with Gasteiger partial charge in [-0.3, -0.25) is 0 Å². The van der Waals surface area contributed by atoms with Crippen LogP contribution in [0.2, 0.25) is 18.1 Å². The van der Waals surface area contributed by atoms with E-state index in [1.807, 2.05) is 33.9 Å². The lowest BCUT2D eigenvalue weighted by molar-refractivity contribution is -0.0332. The Bertz CT molecular complexity index is 904. The third-order valence-corrected chi connectivity index (χ3v) is 10.4. The quantitative estimate of drug-likeness (QED) is 0.337. The first-order valence-corrected chi connectivity index (χ1v) is 15.6. The molecule has 0 aliphatic carbocycles. The first-order chi connectivity index (χ1) is 17.1. The van der Waals surface area contributed by atoms with E-state index in [1.165, 1.54) is 0 Å². The molecule has 0 fully saturated rings. The topological polar surface area (TPSA) is 94.5 Å². The molecular weight excluding hydrogens is 516 g/mol. The number of halogens is 2. The minimum atomic E-state index is -2.52. The number of benzene rings is 1. The summed E-state index contributed by atoms with van der Waals surface area (Å²) >= 11 is 0. The molecule has 0 saturated heterocycles. The third-order valence-electron chi connectivity index (χ3n) is 5.86. The maximum Gasteiger partial charge on any atom is 0.420 e. The zero-order valence-electron chi connectivity index (χ0n) is 24.6. The second-order valence-electron chi connectivity index (χ2n) is 12.7. The first-order valence-electron chi connectivity index (χ1n) is 12.7. The fourth-order valence-corrected chi connectivity index (χ4v) is 4.51. The highest BCUT2D eigenvalue weighted by atomic mass is 28.4. The van der Waals surface area contributed by atoms with Crippen molar-refractivity contribution in [3.8, 4) is 5.75 Å². The highest BCUT2D eigenvalue weighted by Gasteiger charge is 2.46. The van der Waals surface area contributed by atoms with E-state index in [4.69, 9.17) is 18.6 Å². The molecule has 0 bridgehead atoms. The van der Waals surface area contributed by atoms with Gasteiger partial charge in [0.1, 0.15) is 41.2 Å². The molecule has 0 heterocycles. The number of carbonyl (C=O) groups excluding carboxylic acids is 2. The minimum Gasteiger partial charge on any atom is -0.491 e. The Morgan fingerprint density at radius 3 is 1.71 bits per heavy atom. The van der Waals surface area contributed by atoms with E-state index >= 15 is 0 Å². The van der Waals surface area contributed by atoms with Gasteiger partial charge in [-0.2, -0.15) is 0 Å². The van der Waals surface area contributed by atoms with Crippen LogP contribution in [0.25, 0.3) is 0 Å². The van der Waals surface area contributed by atoms with Crippen LogP contribution in [-0.4, -0.2) is 67.1 Å². The average Bonchev–Trinajstić information content (AvgIpc) is 2.66. The van der Waals surface area contributed by atoms with Gasteiger partial charge < -0.3 is 23.7 Å². The van der Waals surface area contributed by atoms with Crippen molar-refractivity contribution >= 4 is 20.5 Å². The van der Waals surface area contributed by atoms with Crippen molar-refractivity contribution in [1.82, 2.24) is 4.90 Å². The molecule has 0 aliphatic rings. The molecule has 0 radical (unpaired) electrons.